The second-order valence-corrected chi connectivity index (χ2v) is 8.35. The van der Waals surface area contributed by atoms with E-state index in [4.69, 9.17) is 25.8 Å². The number of ether oxygens (including phenoxy) is 3. The molecular weight excluding hydrogens is 440 g/mol. The van der Waals surface area contributed by atoms with Gasteiger partial charge in [-0.25, -0.2) is 0 Å². The number of aliphatic hydroxyl groups excluding tert-OH is 4. The van der Waals surface area contributed by atoms with Crippen LogP contribution in [0.4, 0.5) is 0 Å². The minimum absolute atomic E-state index is 0.00112. The topological polar surface area (TPSA) is 126 Å². The quantitative estimate of drug-likeness (QED) is 0.471. The maximum Gasteiger partial charge on any atom is 0.194 e. The van der Waals surface area contributed by atoms with Gasteiger partial charge in [-0.1, -0.05) is 17.7 Å². The molecule has 2 saturated heterocycles. The molecule has 0 spiro atoms. The summed E-state index contributed by atoms with van der Waals surface area (Å²) in [5.41, 5.74) is 0.975. The second-order valence-electron chi connectivity index (χ2n) is 7.95. The largest absolute Gasteiger partial charge is 0.488 e. The number of halogens is 1. The molecule has 2 aliphatic rings. The van der Waals surface area contributed by atoms with Crippen molar-refractivity contribution < 1.29 is 39.4 Å². The average Bonchev–Trinajstić information content (AvgIpc) is 3.31. The molecule has 172 valence electrons. The molecule has 0 aromatic heterocycles. The van der Waals surface area contributed by atoms with Gasteiger partial charge in [0, 0.05) is 17.5 Å². The summed E-state index contributed by atoms with van der Waals surface area (Å²) in [7, 11) is 0. The number of ketones is 1. The van der Waals surface area contributed by atoms with Gasteiger partial charge in [-0.15, -0.1) is 0 Å². The van der Waals surface area contributed by atoms with E-state index in [2.05, 4.69) is 0 Å². The van der Waals surface area contributed by atoms with Gasteiger partial charge in [-0.3, -0.25) is 4.79 Å². The Balaban J connectivity index is 1.55. The van der Waals surface area contributed by atoms with E-state index in [1.807, 2.05) is 0 Å². The predicted octanol–water partition coefficient (Wildman–Crippen LogP) is 1.25. The van der Waals surface area contributed by atoms with E-state index >= 15 is 0 Å². The molecule has 1 unspecified atom stereocenters. The van der Waals surface area contributed by atoms with E-state index < -0.39 is 37.1 Å². The molecule has 2 aromatic rings. The van der Waals surface area contributed by atoms with Crippen molar-refractivity contribution in [1.29, 1.82) is 0 Å². The van der Waals surface area contributed by atoms with Crippen LogP contribution >= 0.6 is 11.6 Å². The van der Waals surface area contributed by atoms with Gasteiger partial charge in [-0.05, 0) is 42.0 Å². The Morgan fingerprint density at radius 2 is 1.81 bits per heavy atom. The normalized spacial score (nSPS) is 30.3. The third-order valence-electron chi connectivity index (χ3n) is 5.76. The maximum atomic E-state index is 13.1. The number of hydrogen-bond donors (Lipinski definition) is 4. The predicted molar refractivity (Wildman–Crippen MR) is 114 cm³/mol. The maximum absolute atomic E-state index is 13.1. The monoisotopic (exact) mass is 464 g/mol. The molecule has 32 heavy (non-hydrogen) atoms. The van der Waals surface area contributed by atoms with Gasteiger partial charge < -0.3 is 34.6 Å². The molecule has 2 fully saturated rings. The molecule has 4 N–H and O–H groups in total. The summed E-state index contributed by atoms with van der Waals surface area (Å²) in [5.74, 6) is 0.301. The Kier molecular flexibility index (Phi) is 7.11. The Bertz CT molecular complexity index is 942. The summed E-state index contributed by atoms with van der Waals surface area (Å²) < 4.78 is 16.7. The molecule has 2 aromatic carbocycles. The number of rotatable bonds is 6. The number of carbonyl (C=O) groups excluding carboxylic acids is 1. The summed E-state index contributed by atoms with van der Waals surface area (Å²) >= 11 is 6.28. The molecule has 0 bridgehead atoms. The smallest absolute Gasteiger partial charge is 0.194 e. The molecule has 0 radical (unpaired) electrons. The highest BCUT2D eigenvalue weighted by Crippen LogP contribution is 2.34. The van der Waals surface area contributed by atoms with Gasteiger partial charge in [-0.2, -0.15) is 0 Å². The Hall–Kier alpha value is -2.04. The molecule has 0 amide bonds. The molecule has 8 nitrogen and oxygen atoms in total. The molecule has 2 heterocycles. The lowest BCUT2D eigenvalue weighted by atomic mass is 9.90. The first-order valence-electron chi connectivity index (χ1n) is 10.4. The van der Waals surface area contributed by atoms with Crippen LogP contribution in [0.5, 0.6) is 5.75 Å². The van der Waals surface area contributed by atoms with Gasteiger partial charge in [0.15, 0.2) is 5.78 Å². The van der Waals surface area contributed by atoms with Crippen molar-refractivity contribution >= 4 is 17.4 Å². The van der Waals surface area contributed by atoms with Crippen molar-refractivity contribution in [2.75, 3.05) is 19.8 Å². The van der Waals surface area contributed by atoms with Crippen LogP contribution in [0.15, 0.2) is 42.5 Å². The Labute approximate surface area is 189 Å². The number of benzene rings is 2. The third kappa shape index (κ3) is 4.67. The van der Waals surface area contributed by atoms with Gasteiger partial charge >= 0.3 is 0 Å². The summed E-state index contributed by atoms with van der Waals surface area (Å²) in [6.07, 6.45) is -5.71. The van der Waals surface area contributed by atoms with Crippen molar-refractivity contribution in [2.45, 2.75) is 43.0 Å². The van der Waals surface area contributed by atoms with E-state index in [1.54, 1.807) is 30.3 Å². The van der Waals surface area contributed by atoms with E-state index in [1.165, 1.54) is 12.1 Å². The second kappa shape index (κ2) is 9.84. The first-order chi connectivity index (χ1) is 15.4. The average molecular weight is 465 g/mol. The van der Waals surface area contributed by atoms with Crippen LogP contribution in [0.3, 0.4) is 0 Å². The van der Waals surface area contributed by atoms with Crippen molar-refractivity contribution in [3.8, 4) is 5.75 Å². The number of hydrogen-bond acceptors (Lipinski definition) is 8. The summed E-state index contributed by atoms with van der Waals surface area (Å²) in [6, 6.07) is 11.3. The van der Waals surface area contributed by atoms with Crippen LogP contribution < -0.4 is 4.74 Å². The Morgan fingerprint density at radius 1 is 1.06 bits per heavy atom. The zero-order valence-electron chi connectivity index (χ0n) is 17.1. The van der Waals surface area contributed by atoms with Crippen LogP contribution in [-0.4, -0.2) is 76.5 Å². The van der Waals surface area contributed by atoms with Gasteiger partial charge in [0.1, 0.15) is 42.4 Å². The SMILES string of the molecule is O=C(c1ccc(O[C@H]2CCOC2)cc1)c1cc([C@@H]2OC(CO)[C@@H](O)[C@H](O)[C@H]2O)ccc1Cl. The fourth-order valence-corrected chi connectivity index (χ4v) is 4.11. The van der Waals surface area contributed by atoms with Crippen molar-refractivity contribution in [3.63, 3.8) is 0 Å². The van der Waals surface area contributed by atoms with E-state index in [-0.39, 0.29) is 22.5 Å². The third-order valence-corrected chi connectivity index (χ3v) is 6.09. The lowest BCUT2D eigenvalue weighted by Gasteiger charge is -2.40. The van der Waals surface area contributed by atoms with E-state index in [9.17, 15) is 25.2 Å². The minimum atomic E-state index is -1.52. The molecule has 4 rings (SSSR count). The highest BCUT2D eigenvalue weighted by atomic mass is 35.5. The molecule has 0 saturated carbocycles. The Morgan fingerprint density at radius 3 is 2.47 bits per heavy atom. The summed E-state index contributed by atoms with van der Waals surface area (Å²) in [6.45, 7) is 0.674. The molecule has 0 aliphatic carbocycles. The van der Waals surface area contributed by atoms with Crippen molar-refractivity contribution in [3.05, 3.63) is 64.2 Å². The van der Waals surface area contributed by atoms with Crippen molar-refractivity contribution in [1.82, 2.24) is 0 Å². The van der Waals surface area contributed by atoms with E-state index in [0.29, 0.717) is 30.1 Å². The van der Waals surface area contributed by atoms with Gasteiger partial charge in [0.2, 0.25) is 0 Å². The molecule has 9 heteroatoms. The lowest BCUT2D eigenvalue weighted by Crippen LogP contribution is -2.55. The van der Waals surface area contributed by atoms with E-state index in [0.717, 1.165) is 6.42 Å². The summed E-state index contributed by atoms with van der Waals surface area (Å²) in [4.78, 5) is 13.1. The van der Waals surface area contributed by atoms with Crippen LogP contribution in [0.1, 0.15) is 34.0 Å². The van der Waals surface area contributed by atoms with Crippen LogP contribution in [0.2, 0.25) is 5.02 Å². The number of carbonyl (C=O) groups is 1. The van der Waals surface area contributed by atoms with Crippen LogP contribution in [0.25, 0.3) is 0 Å². The first-order valence-corrected chi connectivity index (χ1v) is 10.8. The molecule has 6 atom stereocenters. The van der Waals surface area contributed by atoms with Crippen LogP contribution in [-0.2, 0) is 9.47 Å². The fraction of sp³-hybridized carbons (Fsp3) is 0.435. The van der Waals surface area contributed by atoms with Crippen LogP contribution in [0, 0.1) is 0 Å². The van der Waals surface area contributed by atoms with Crippen molar-refractivity contribution in [2.24, 2.45) is 0 Å². The minimum Gasteiger partial charge on any atom is -0.488 e. The molecule has 2 aliphatic heterocycles. The highest BCUT2D eigenvalue weighted by Gasteiger charge is 2.44. The zero-order valence-corrected chi connectivity index (χ0v) is 17.9. The fourth-order valence-electron chi connectivity index (χ4n) is 3.91. The van der Waals surface area contributed by atoms with Gasteiger partial charge in [0.05, 0.1) is 24.8 Å². The number of aliphatic hydroxyl groups is 4. The lowest BCUT2D eigenvalue weighted by molar-refractivity contribution is -0.231. The zero-order chi connectivity index (χ0) is 22.8. The molecular formula is C23H25ClO8. The summed E-state index contributed by atoms with van der Waals surface area (Å²) in [5, 5.41) is 40.1. The van der Waals surface area contributed by atoms with Gasteiger partial charge in [0.25, 0.3) is 0 Å². The standard InChI is InChI=1S/C23H25ClO8/c24-17-6-3-13(23-22(29)21(28)20(27)18(10-25)32-23)9-16(17)19(26)12-1-4-14(5-2-12)31-15-7-8-30-11-15/h1-6,9,15,18,20-23,25,27-29H,7-8,10-11H2/t15-,18?,20+,21-,22+,23-/m0/s1. The first kappa shape index (κ1) is 23.1. The highest BCUT2D eigenvalue weighted by molar-refractivity contribution is 6.35.